The number of rotatable bonds is 7. The van der Waals surface area contributed by atoms with Crippen LogP contribution in [0, 0.1) is 0 Å². The number of alkyl halides is 3. The number of hydrogen-bond donors (Lipinski definition) is 2. The van der Waals surface area contributed by atoms with Crippen molar-refractivity contribution in [2.45, 2.75) is 26.1 Å². The van der Waals surface area contributed by atoms with Crippen molar-refractivity contribution in [3.8, 4) is 0 Å². The lowest BCUT2D eigenvalue weighted by Gasteiger charge is -2.12. The third-order valence-electron chi connectivity index (χ3n) is 3.65. The molecule has 1 aromatic carbocycles. The Morgan fingerprint density at radius 1 is 1.18 bits per heavy atom. The Bertz CT molecular complexity index is 744. The minimum atomic E-state index is -4.30. The summed E-state index contributed by atoms with van der Waals surface area (Å²) >= 11 is 1.57. The van der Waals surface area contributed by atoms with Gasteiger partial charge in [0.1, 0.15) is 0 Å². The first kappa shape index (κ1) is 24.5. The molecule has 10 heteroatoms. The van der Waals surface area contributed by atoms with E-state index in [1.807, 2.05) is 31.3 Å². The zero-order valence-corrected chi connectivity index (χ0v) is 19.2. The quantitative estimate of drug-likeness (QED) is 0.323. The molecule has 0 saturated carbocycles. The molecule has 1 aromatic heterocycles. The third-order valence-corrected chi connectivity index (χ3v) is 4.71. The number of aliphatic imine (C=N–C) groups is 1. The van der Waals surface area contributed by atoms with Gasteiger partial charge in [-0.2, -0.15) is 13.2 Å². The maximum Gasteiger partial charge on any atom is 0.416 e. The minimum Gasteiger partial charge on any atom is -0.357 e. The molecule has 2 rings (SSSR count). The van der Waals surface area contributed by atoms with Crippen LogP contribution < -0.4 is 15.5 Å². The number of benzene rings is 1. The number of anilines is 1. The van der Waals surface area contributed by atoms with Crippen LogP contribution in [0.3, 0.4) is 0 Å². The number of hydrogen-bond acceptors (Lipinski definition) is 4. The molecule has 2 aromatic rings. The summed E-state index contributed by atoms with van der Waals surface area (Å²) in [6.45, 7) is 3.71. The molecule has 0 radical (unpaired) electrons. The van der Waals surface area contributed by atoms with E-state index >= 15 is 0 Å². The first-order valence-corrected chi connectivity index (χ1v) is 9.47. The van der Waals surface area contributed by atoms with E-state index in [0.29, 0.717) is 32.0 Å². The molecule has 1 heterocycles. The van der Waals surface area contributed by atoms with E-state index in [2.05, 4.69) is 20.6 Å². The predicted molar refractivity (Wildman–Crippen MR) is 120 cm³/mol. The van der Waals surface area contributed by atoms with Gasteiger partial charge in [0, 0.05) is 32.6 Å². The summed E-state index contributed by atoms with van der Waals surface area (Å²) in [6.07, 6.45) is -3.70. The molecule has 0 aliphatic carbocycles. The summed E-state index contributed by atoms with van der Waals surface area (Å²) < 4.78 is 37.8. The Balaban J connectivity index is 0.00000392. The summed E-state index contributed by atoms with van der Waals surface area (Å²) in [5, 5.41) is 9.26. The van der Waals surface area contributed by atoms with Gasteiger partial charge in [0.25, 0.3) is 0 Å². The molecule has 0 aliphatic rings. The Morgan fingerprint density at radius 2 is 1.86 bits per heavy atom. The second-order valence-electron chi connectivity index (χ2n) is 6.08. The monoisotopic (exact) mass is 527 g/mol. The Kier molecular flexibility index (Phi) is 10.0. The van der Waals surface area contributed by atoms with Crippen LogP contribution in [-0.2, 0) is 19.1 Å². The molecular formula is C18H25F3IN5S. The standard InChI is InChI=1S/C18H24F3N5S.HI/c1-4-22-16(24-11-15-12-27-17(25-15)26(2)3)23-10-9-13-5-7-14(8-6-13)18(19,20)21;/h5-8,12H,4,9-11H2,1-3H3,(H2,22,23,24);1H. The van der Waals surface area contributed by atoms with Crippen molar-refractivity contribution in [1.82, 2.24) is 15.6 Å². The van der Waals surface area contributed by atoms with Crippen molar-refractivity contribution in [3.05, 3.63) is 46.5 Å². The van der Waals surface area contributed by atoms with Crippen LogP contribution >= 0.6 is 35.3 Å². The lowest BCUT2D eigenvalue weighted by Crippen LogP contribution is -2.38. The summed E-state index contributed by atoms with van der Waals surface area (Å²) in [5.41, 5.74) is 1.10. The summed E-state index contributed by atoms with van der Waals surface area (Å²) in [4.78, 5) is 10.9. The maximum absolute atomic E-state index is 12.6. The zero-order chi connectivity index (χ0) is 19.9. The lowest BCUT2D eigenvalue weighted by atomic mass is 10.1. The highest BCUT2D eigenvalue weighted by Crippen LogP contribution is 2.29. The summed E-state index contributed by atoms with van der Waals surface area (Å²) in [5.74, 6) is 0.656. The molecule has 2 N–H and O–H groups in total. The van der Waals surface area contributed by atoms with Gasteiger partial charge in [-0.3, -0.25) is 0 Å². The Morgan fingerprint density at radius 3 is 2.39 bits per heavy atom. The highest BCUT2D eigenvalue weighted by Gasteiger charge is 2.29. The largest absolute Gasteiger partial charge is 0.416 e. The fourth-order valence-electron chi connectivity index (χ4n) is 2.26. The van der Waals surface area contributed by atoms with E-state index in [9.17, 15) is 13.2 Å². The highest BCUT2D eigenvalue weighted by molar-refractivity contribution is 14.0. The van der Waals surface area contributed by atoms with Crippen molar-refractivity contribution in [2.75, 3.05) is 32.1 Å². The van der Waals surface area contributed by atoms with Crippen molar-refractivity contribution >= 4 is 46.4 Å². The van der Waals surface area contributed by atoms with Crippen LogP contribution in [0.15, 0.2) is 34.6 Å². The van der Waals surface area contributed by atoms with Crippen LogP contribution in [0.25, 0.3) is 0 Å². The topological polar surface area (TPSA) is 52.6 Å². The van der Waals surface area contributed by atoms with Gasteiger partial charge < -0.3 is 15.5 Å². The minimum absolute atomic E-state index is 0. The van der Waals surface area contributed by atoms with Crippen molar-refractivity contribution in [2.24, 2.45) is 4.99 Å². The van der Waals surface area contributed by atoms with Gasteiger partial charge >= 0.3 is 6.18 Å². The molecule has 0 aliphatic heterocycles. The van der Waals surface area contributed by atoms with Gasteiger partial charge in [-0.25, -0.2) is 9.98 Å². The molecule has 0 bridgehead atoms. The number of nitrogens with zero attached hydrogens (tertiary/aromatic N) is 3. The van der Waals surface area contributed by atoms with E-state index < -0.39 is 11.7 Å². The molecule has 28 heavy (non-hydrogen) atoms. The molecule has 0 fully saturated rings. The normalized spacial score (nSPS) is 11.7. The van der Waals surface area contributed by atoms with Gasteiger partial charge in [0.2, 0.25) is 0 Å². The third kappa shape index (κ3) is 7.82. The molecule has 156 valence electrons. The van der Waals surface area contributed by atoms with Gasteiger partial charge in [-0.15, -0.1) is 35.3 Å². The van der Waals surface area contributed by atoms with E-state index in [-0.39, 0.29) is 24.0 Å². The van der Waals surface area contributed by atoms with Crippen LogP contribution in [0.4, 0.5) is 18.3 Å². The molecule has 5 nitrogen and oxygen atoms in total. The maximum atomic E-state index is 12.6. The molecule has 0 spiro atoms. The van der Waals surface area contributed by atoms with Gasteiger partial charge in [0.15, 0.2) is 11.1 Å². The van der Waals surface area contributed by atoms with Crippen molar-refractivity contribution in [1.29, 1.82) is 0 Å². The van der Waals surface area contributed by atoms with Crippen molar-refractivity contribution < 1.29 is 13.2 Å². The molecular weight excluding hydrogens is 502 g/mol. The highest BCUT2D eigenvalue weighted by atomic mass is 127. The predicted octanol–water partition coefficient (Wildman–Crippen LogP) is 4.14. The second-order valence-corrected chi connectivity index (χ2v) is 6.92. The first-order valence-electron chi connectivity index (χ1n) is 8.59. The van der Waals surface area contributed by atoms with Gasteiger partial charge in [-0.05, 0) is 31.0 Å². The lowest BCUT2D eigenvalue weighted by molar-refractivity contribution is -0.137. The average Bonchev–Trinajstić information content (AvgIpc) is 3.09. The van der Waals surface area contributed by atoms with Crippen LogP contribution in [0.2, 0.25) is 0 Å². The fraction of sp³-hybridized carbons (Fsp3) is 0.444. The van der Waals surface area contributed by atoms with Crippen LogP contribution in [-0.4, -0.2) is 38.1 Å². The van der Waals surface area contributed by atoms with Crippen LogP contribution in [0.5, 0.6) is 0 Å². The number of thiazole rings is 1. The first-order chi connectivity index (χ1) is 12.8. The zero-order valence-electron chi connectivity index (χ0n) is 16.0. The number of aromatic nitrogens is 1. The van der Waals surface area contributed by atoms with E-state index in [1.54, 1.807) is 11.3 Å². The smallest absolute Gasteiger partial charge is 0.357 e. The van der Waals surface area contributed by atoms with Crippen molar-refractivity contribution in [3.63, 3.8) is 0 Å². The van der Waals surface area contributed by atoms with E-state index in [0.717, 1.165) is 28.5 Å². The summed E-state index contributed by atoms with van der Waals surface area (Å²) in [7, 11) is 3.89. The number of guanidine groups is 1. The molecule has 0 atom stereocenters. The van der Waals surface area contributed by atoms with Crippen LogP contribution in [0.1, 0.15) is 23.7 Å². The molecule has 0 unspecified atom stereocenters. The molecule has 0 amide bonds. The van der Waals surface area contributed by atoms with E-state index in [1.165, 1.54) is 12.1 Å². The Hall–Kier alpha value is -1.56. The SMILES string of the molecule is CCNC(=NCc1csc(N(C)C)n1)NCCc1ccc(C(F)(F)F)cc1.I. The second kappa shape index (κ2) is 11.4. The number of halogens is 4. The Labute approximate surface area is 184 Å². The van der Waals surface area contributed by atoms with Gasteiger partial charge in [-0.1, -0.05) is 12.1 Å². The van der Waals surface area contributed by atoms with E-state index in [4.69, 9.17) is 0 Å². The average molecular weight is 527 g/mol. The summed E-state index contributed by atoms with van der Waals surface area (Å²) in [6, 6.07) is 5.23. The van der Waals surface area contributed by atoms with Gasteiger partial charge in [0.05, 0.1) is 17.8 Å². The molecule has 0 saturated heterocycles. The fourth-order valence-corrected chi connectivity index (χ4v) is 3.01. The number of nitrogens with one attached hydrogen (secondary N) is 2.